The number of morpholine rings is 1. The van der Waals surface area contributed by atoms with E-state index in [2.05, 4.69) is 19.8 Å². The normalized spacial score (nSPS) is 19.7. The van der Waals surface area contributed by atoms with E-state index in [9.17, 15) is 5.11 Å². The number of nitrogens with two attached hydrogens (primary N) is 2. The lowest BCUT2D eigenvalue weighted by molar-refractivity contribution is -0.0137. The van der Waals surface area contributed by atoms with E-state index in [1.165, 1.54) is 0 Å². The topological polar surface area (TPSA) is 139 Å². The highest BCUT2D eigenvalue weighted by atomic mass is 16.5. The summed E-state index contributed by atoms with van der Waals surface area (Å²) in [6.45, 7) is 10.9. The molecule has 2 aliphatic heterocycles. The fourth-order valence-electron chi connectivity index (χ4n) is 4.57. The van der Waals surface area contributed by atoms with E-state index >= 15 is 0 Å². The number of ether oxygens (including phenoxy) is 1. The van der Waals surface area contributed by atoms with Crippen LogP contribution in [0.2, 0.25) is 0 Å². The third-order valence-corrected chi connectivity index (χ3v) is 6.46. The van der Waals surface area contributed by atoms with Gasteiger partial charge in [-0.2, -0.15) is 9.98 Å². The molecule has 10 nitrogen and oxygen atoms in total. The highest BCUT2D eigenvalue weighted by Gasteiger charge is 2.30. The monoisotopic (exact) mass is 468 g/mol. The minimum absolute atomic E-state index is 0.256. The van der Waals surface area contributed by atoms with Gasteiger partial charge in [-0.1, -0.05) is 0 Å². The number of pyridine rings is 1. The fraction of sp³-hybridized carbons (Fsp3) is 0.583. The number of aromatic nitrogens is 3. The molecule has 10 heteroatoms. The number of rotatable bonds is 6. The smallest absolute Gasteiger partial charge is 0.253 e. The van der Waals surface area contributed by atoms with Crippen LogP contribution in [0.25, 0.3) is 11.0 Å². The molecule has 2 saturated heterocycles. The van der Waals surface area contributed by atoms with Crippen molar-refractivity contribution in [2.45, 2.75) is 45.8 Å². The third-order valence-electron chi connectivity index (χ3n) is 6.46. The minimum Gasteiger partial charge on any atom is -0.402 e. The molecule has 4 heterocycles. The number of aliphatic hydroxyl groups is 1. The summed E-state index contributed by atoms with van der Waals surface area (Å²) in [5.74, 6) is 1.62. The highest BCUT2D eigenvalue weighted by Crippen LogP contribution is 2.29. The van der Waals surface area contributed by atoms with Crippen LogP contribution in [-0.2, 0) is 11.3 Å². The van der Waals surface area contributed by atoms with Crippen LogP contribution in [0.4, 0.5) is 11.8 Å². The SMILES string of the molecule is C/C(N)=C/C(N)=N\c1nc(N2CCOCC2)c2nc(CN3CCC(C(C)(C)O)CC3)ccc2n1. The summed E-state index contributed by atoms with van der Waals surface area (Å²) < 4.78 is 5.53. The zero-order chi connectivity index (χ0) is 24.3. The number of piperidine rings is 1. The fourth-order valence-corrected chi connectivity index (χ4v) is 4.57. The Labute approximate surface area is 200 Å². The molecule has 0 atom stereocenters. The number of allylic oxidation sites excluding steroid dienone is 1. The predicted molar refractivity (Wildman–Crippen MR) is 134 cm³/mol. The maximum absolute atomic E-state index is 10.3. The first-order chi connectivity index (χ1) is 16.2. The number of fused-ring (bicyclic) bond motifs is 1. The summed E-state index contributed by atoms with van der Waals surface area (Å²) in [6, 6.07) is 3.99. The molecule has 2 aliphatic rings. The van der Waals surface area contributed by atoms with Gasteiger partial charge in [-0.05, 0) is 70.8 Å². The van der Waals surface area contributed by atoms with Crippen LogP contribution in [0.15, 0.2) is 28.9 Å². The van der Waals surface area contributed by atoms with Crippen molar-refractivity contribution >= 4 is 28.6 Å². The van der Waals surface area contributed by atoms with Crippen LogP contribution in [-0.4, -0.2) is 75.8 Å². The van der Waals surface area contributed by atoms with Crippen molar-refractivity contribution in [3.8, 4) is 0 Å². The molecule has 0 bridgehead atoms. The van der Waals surface area contributed by atoms with E-state index in [1.807, 2.05) is 26.0 Å². The van der Waals surface area contributed by atoms with E-state index in [-0.39, 0.29) is 11.8 Å². The molecule has 0 amide bonds. The standard InChI is InChI=1S/C24H36N8O2/c1-16(25)14-20(26)29-23-28-19-5-4-18(15-31-8-6-17(7-9-31)24(2,3)33)27-21(19)22(30-23)32-10-12-34-13-11-32/h4-5,14,17,33H,6-13,15,25H2,1-3H3,(H2,26,28,29,30)/b16-14-. The predicted octanol–water partition coefficient (Wildman–Crippen LogP) is 1.70. The quantitative estimate of drug-likeness (QED) is 0.427. The van der Waals surface area contributed by atoms with Gasteiger partial charge < -0.3 is 26.2 Å². The number of nitrogens with zero attached hydrogens (tertiary/aromatic N) is 6. The Balaban J connectivity index is 1.62. The second-order valence-corrected chi connectivity index (χ2v) is 9.75. The first kappa shape index (κ1) is 24.3. The van der Waals surface area contributed by atoms with Gasteiger partial charge in [-0.3, -0.25) is 4.90 Å². The second kappa shape index (κ2) is 10.2. The average molecular weight is 469 g/mol. The van der Waals surface area contributed by atoms with E-state index in [0.717, 1.165) is 68.1 Å². The number of aliphatic imine (C=N–C) groups is 1. The van der Waals surface area contributed by atoms with E-state index in [1.54, 1.807) is 13.0 Å². The van der Waals surface area contributed by atoms with E-state index < -0.39 is 5.60 Å². The maximum atomic E-state index is 10.3. The Morgan fingerprint density at radius 2 is 1.85 bits per heavy atom. The van der Waals surface area contributed by atoms with Gasteiger partial charge in [0.1, 0.15) is 11.4 Å². The third kappa shape index (κ3) is 5.99. The number of likely N-dealkylation sites (tertiary alicyclic amines) is 1. The van der Waals surface area contributed by atoms with Crippen molar-refractivity contribution in [1.29, 1.82) is 0 Å². The molecule has 2 aromatic heterocycles. The summed E-state index contributed by atoms with van der Waals surface area (Å²) in [5, 5.41) is 10.3. The van der Waals surface area contributed by atoms with Gasteiger partial charge in [0.15, 0.2) is 5.82 Å². The van der Waals surface area contributed by atoms with Gasteiger partial charge in [0.25, 0.3) is 5.95 Å². The Hall–Kier alpha value is -2.82. The number of hydrogen-bond donors (Lipinski definition) is 3. The van der Waals surface area contributed by atoms with Crippen molar-refractivity contribution < 1.29 is 9.84 Å². The van der Waals surface area contributed by atoms with Crippen molar-refractivity contribution in [3.63, 3.8) is 0 Å². The summed E-state index contributed by atoms with van der Waals surface area (Å²) >= 11 is 0. The lowest BCUT2D eigenvalue weighted by Gasteiger charge is -2.37. The molecule has 2 fully saturated rings. The Morgan fingerprint density at radius 1 is 1.15 bits per heavy atom. The summed E-state index contributed by atoms with van der Waals surface area (Å²) in [7, 11) is 0. The average Bonchev–Trinajstić information content (AvgIpc) is 2.78. The van der Waals surface area contributed by atoms with Crippen molar-refractivity contribution in [2.24, 2.45) is 22.4 Å². The molecule has 0 unspecified atom stereocenters. The van der Waals surface area contributed by atoms with Crippen LogP contribution in [0, 0.1) is 5.92 Å². The lowest BCUT2D eigenvalue weighted by atomic mass is 9.83. The lowest BCUT2D eigenvalue weighted by Crippen LogP contribution is -2.41. The van der Waals surface area contributed by atoms with Crippen LogP contribution in [0.3, 0.4) is 0 Å². The van der Waals surface area contributed by atoms with Gasteiger partial charge in [0.2, 0.25) is 0 Å². The Kier molecular flexibility index (Phi) is 7.30. The van der Waals surface area contributed by atoms with Gasteiger partial charge in [-0.15, -0.1) is 0 Å². The molecule has 0 radical (unpaired) electrons. The number of hydrogen-bond acceptors (Lipinski definition) is 9. The van der Waals surface area contributed by atoms with Crippen LogP contribution >= 0.6 is 0 Å². The van der Waals surface area contributed by atoms with Gasteiger partial charge in [0, 0.05) is 25.3 Å². The van der Waals surface area contributed by atoms with Crippen LogP contribution in [0.1, 0.15) is 39.3 Å². The summed E-state index contributed by atoms with van der Waals surface area (Å²) in [4.78, 5) is 23.2. The van der Waals surface area contributed by atoms with Gasteiger partial charge >= 0.3 is 0 Å². The number of anilines is 1. The summed E-state index contributed by atoms with van der Waals surface area (Å²) in [6.07, 6.45) is 3.56. The molecule has 34 heavy (non-hydrogen) atoms. The van der Waals surface area contributed by atoms with E-state index in [4.69, 9.17) is 26.2 Å². The second-order valence-electron chi connectivity index (χ2n) is 9.75. The maximum Gasteiger partial charge on any atom is 0.253 e. The first-order valence-electron chi connectivity index (χ1n) is 11.9. The zero-order valence-corrected chi connectivity index (χ0v) is 20.4. The Bertz CT molecular complexity index is 1060. The molecule has 5 N–H and O–H groups in total. The molecule has 2 aromatic rings. The van der Waals surface area contributed by atoms with Crippen LogP contribution in [0.5, 0.6) is 0 Å². The van der Waals surface area contributed by atoms with Gasteiger partial charge in [-0.25, -0.2) is 9.97 Å². The van der Waals surface area contributed by atoms with E-state index in [0.29, 0.717) is 24.8 Å². The molecule has 0 saturated carbocycles. The largest absolute Gasteiger partial charge is 0.402 e. The molecular formula is C24H36N8O2. The number of amidine groups is 1. The van der Waals surface area contributed by atoms with Gasteiger partial charge in [0.05, 0.1) is 30.0 Å². The summed E-state index contributed by atoms with van der Waals surface area (Å²) in [5.41, 5.74) is 14.1. The Morgan fingerprint density at radius 3 is 2.50 bits per heavy atom. The highest BCUT2D eigenvalue weighted by molar-refractivity contribution is 5.94. The van der Waals surface area contributed by atoms with Crippen LogP contribution < -0.4 is 16.4 Å². The van der Waals surface area contributed by atoms with Crippen molar-refractivity contribution in [1.82, 2.24) is 19.9 Å². The minimum atomic E-state index is -0.625. The molecular weight excluding hydrogens is 432 g/mol. The molecule has 0 spiro atoms. The van der Waals surface area contributed by atoms with Crippen molar-refractivity contribution in [3.05, 3.63) is 29.6 Å². The molecule has 4 rings (SSSR count). The molecule has 0 aliphatic carbocycles. The molecule has 0 aromatic carbocycles. The molecule has 184 valence electrons. The zero-order valence-electron chi connectivity index (χ0n) is 20.4. The first-order valence-corrected chi connectivity index (χ1v) is 11.9. The van der Waals surface area contributed by atoms with Crippen molar-refractivity contribution in [2.75, 3.05) is 44.3 Å².